The molecule has 1 aliphatic rings. The Labute approximate surface area is 163 Å². The fourth-order valence-corrected chi connectivity index (χ4v) is 3.58. The third-order valence-corrected chi connectivity index (χ3v) is 5.20. The van der Waals surface area contributed by atoms with Gasteiger partial charge in [-0.3, -0.25) is 4.79 Å². The van der Waals surface area contributed by atoms with Crippen molar-refractivity contribution in [1.82, 2.24) is 10.3 Å². The van der Waals surface area contributed by atoms with E-state index in [1.54, 1.807) is 23.6 Å². The van der Waals surface area contributed by atoms with Gasteiger partial charge < -0.3 is 14.7 Å². The first-order chi connectivity index (χ1) is 13.2. The van der Waals surface area contributed by atoms with E-state index in [4.69, 9.17) is 9.39 Å². The molecule has 0 aliphatic carbocycles. The number of unbranched alkanes of at least 4 members (excludes halogenated alkanes) is 1. The number of thiazole rings is 1. The van der Waals surface area contributed by atoms with Crippen LogP contribution in [0, 0.1) is 0 Å². The molecule has 0 spiro atoms. The standard InChI is InChI=1S/C19H23BN2O4S/c1-2-3-10-25-19(24)14-6-4-5-13-12-15(20-26-18(13)14)22-16(23)7-8-17-21-9-11-27-17/h4-6,9,11,15,20H,2-3,7-8,10,12H2,1H3,(H,22,23). The Morgan fingerprint density at radius 1 is 1.44 bits per heavy atom. The number of hydrogen-bond acceptors (Lipinski definition) is 6. The number of aromatic nitrogens is 1. The summed E-state index contributed by atoms with van der Waals surface area (Å²) >= 11 is 1.55. The van der Waals surface area contributed by atoms with Crippen LogP contribution in [-0.4, -0.2) is 36.9 Å². The summed E-state index contributed by atoms with van der Waals surface area (Å²) in [7, 11) is 0.343. The van der Waals surface area contributed by atoms with Crippen LogP contribution in [0.1, 0.15) is 47.1 Å². The van der Waals surface area contributed by atoms with Crippen molar-refractivity contribution in [2.45, 2.75) is 45.0 Å². The lowest BCUT2D eigenvalue weighted by Gasteiger charge is -2.26. The second kappa shape index (κ2) is 9.55. The van der Waals surface area contributed by atoms with Crippen LogP contribution in [0.25, 0.3) is 0 Å². The molecule has 1 N–H and O–H groups in total. The fourth-order valence-electron chi connectivity index (χ4n) is 2.96. The van der Waals surface area contributed by atoms with Crippen molar-refractivity contribution in [2.75, 3.05) is 6.61 Å². The summed E-state index contributed by atoms with van der Waals surface area (Å²) < 4.78 is 11.1. The van der Waals surface area contributed by atoms with E-state index in [9.17, 15) is 9.59 Å². The maximum atomic E-state index is 12.3. The molecule has 1 aromatic carbocycles. The second-order valence-corrected chi connectivity index (χ2v) is 7.47. The van der Waals surface area contributed by atoms with Crippen molar-refractivity contribution in [1.29, 1.82) is 0 Å². The number of rotatable bonds is 8. The molecular formula is C19H23BN2O4S. The van der Waals surface area contributed by atoms with Gasteiger partial charge >= 0.3 is 13.5 Å². The number of hydrogen-bond donors (Lipinski definition) is 1. The molecule has 142 valence electrons. The second-order valence-electron chi connectivity index (χ2n) is 6.49. The van der Waals surface area contributed by atoms with E-state index in [0.717, 1.165) is 23.4 Å². The van der Waals surface area contributed by atoms with Crippen molar-refractivity contribution in [3.05, 3.63) is 45.9 Å². The first kappa shape index (κ1) is 19.4. The molecular weight excluding hydrogens is 363 g/mol. The molecule has 0 fully saturated rings. The van der Waals surface area contributed by atoms with E-state index < -0.39 is 0 Å². The number of benzene rings is 1. The summed E-state index contributed by atoms with van der Waals surface area (Å²) in [6.07, 6.45) is 5.24. The molecule has 1 aliphatic heterocycles. The largest absolute Gasteiger partial charge is 0.561 e. The van der Waals surface area contributed by atoms with E-state index in [1.165, 1.54) is 0 Å². The predicted octanol–water partition coefficient (Wildman–Crippen LogP) is 2.46. The molecule has 0 bridgehead atoms. The van der Waals surface area contributed by atoms with Crippen LogP contribution < -0.4 is 9.97 Å². The van der Waals surface area contributed by atoms with Crippen LogP contribution in [0.15, 0.2) is 29.8 Å². The number of nitrogens with one attached hydrogen (secondary N) is 1. The molecule has 8 heteroatoms. The highest BCUT2D eigenvalue weighted by Crippen LogP contribution is 2.29. The average Bonchev–Trinajstić information content (AvgIpc) is 3.19. The van der Waals surface area contributed by atoms with Gasteiger partial charge in [-0.1, -0.05) is 25.5 Å². The first-order valence-corrected chi connectivity index (χ1v) is 10.1. The summed E-state index contributed by atoms with van der Waals surface area (Å²) in [6.45, 7) is 2.46. The monoisotopic (exact) mass is 386 g/mol. The van der Waals surface area contributed by atoms with Crippen LogP contribution >= 0.6 is 11.3 Å². The summed E-state index contributed by atoms with van der Waals surface area (Å²) in [4.78, 5) is 28.6. The molecule has 2 heterocycles. The molecule has 6 nitrogen and oxygen atoms in total. The average molecular weight is 386 g/mol. The fraction of sp³-hybridized carbons (Fsp3) is 0.421. The third-order valence-electron chi connectivity index (χ3n) is 4.36. The molecule has 0 saturated heterocycles. The third kappa shape index (κ3) is 5.32. The number of carbonyl (C=O) groups excluding carboxylic acids is 2. The number of para-hydroxylation sites is 1. The Bertz CT molecular complexity index is 782. The molecule has 3 rings (SSSR count). The smallest absolute Gasteiger partial charge is 0.363 e. The number of carbonyl (C=O) groups is 2. The van der Waals surface area contributed by atoms with Crippen LogP contribution in [0.4, 0.5) is 0 Å². The van der Waals surface area contributed by atoms with E-state index in [1.807, 2.05) is 24.4 Å². The minimum atomic E-state index is -0.355. The van der Waals surface area contributed by atoms with Crippen molar-refractivity contribution < 1.29 is 19.0 Å². The van der Waals surface area contributed by atoms with E-state index in [0.29, 0.717) is 44.7 Å². The van der Waals surface area contributed by atoms with Gasteiger partial charge in [0.25, 0.3) is 0 Å². The number of nitrogens with zero attached hydrogens (tertiary/aromatic N) is 1. The Morgan fingerprint density at radius 3 is 3.11 bits per heavy atom. The molecule has 27 heavy (non-hydrogen) atoms. The predicted molar refractivity (Wildman–Crippen MR) is 105 cm³/mol. The van der Waals surface area contributed by atoms with Crippen molar-refractivity contribution >= 4 is 30.7 Å². The van der Waals surface area contributed by atoms with Crippen molar-refractivity contribution in [3.63, 3.8) is 0 Å². The van der Waals surface area contributed by atoms with Crippen LogP contribution in [0.2, 0.25) is 0 Å². The number of aryl methyl sites for hydroxylation is 1. The topological polar surface area (TPSA) is 77.5 Å². The molecule has 1 atom stereocenters. The van der Waals surface area contributed by atoms with Gasteiger partial charge in [-0.05, 0) is 24.5 Å². The van der Waals surface area contributed by atoms with Gasteiger partial charge in [-0.2, -0.15) is 0 Å². The van der Waals surface area contributed by atoms with Crippen LogP contribution in [-0.2, 0) is 22.4 Å². The van der Waals surface area contributed by atoms with Crippen LogP contribution in [0.5, 0.6) is 5.75 Å². The zero-order valence-electron chi connectivity index (χ0n) is 15.4. The van der Waals surface area contributed by atoms with Gasteiger partial charge in [-0.15, -0.1) is 11.3 Å². The van der Waals surface area contributed by atoms with E-state index in [-0.39, 0.29) is 17.8 Å². The number of fused-ring (bicyclic) bond motifs is 1. The summed E-state index contributed by atoms with van der Waals surface area (Å²) in [5, 5.41) is 5.88. The number of ether oxygens (including phenoxy) is 1. The van der Waals surface area contributed by atoms with Gasteiger partial charge in [-0.25, -0.2) is 9.78 Å². The Hall–Kier alpha value is -2.35. The van der Waals surface area contributed by atoms with E-state index >= 15 is 0 Å². The van der Waals surface area contributed by atoms with Gasteiger partial charge in [0, 0.05) is 30.4 Å². The molecule has 2 aromatic rings. The summed E-state index contributed by atoms with van der Waals surface area (Å²) in [5.74, 6) is 0.101. The van der Waals surface area contributed by atoms with Gasteiger partial charge in [0.05, 0.1) is 11.6 Å². The lowest BCUT2D eigenvalue weighted by Crippen LogP contribution is -2.45. The highest BCUT2D eigenvalue weighted by atomic mass is 32.1. The van der Waals surface area contributed by atoms with Gasteiger partial charge in [0.2, 0.25) is 5.91 Å². The quantitative estimate of drug-likeness (QED) is 0.429. The lowest BCUT2D eigenvalue weighted by atomic mass is 9.79. The SMILES string of the molecule is CCCCOC(=O)c1cccc2c1OBC(NC(=O)CCc1nccs1)C2. The molecule has 0 radical (unpaired) electrons. The zero-order chi connectivity index (χ0) is 19.1. The minimum absolute atomic E-state index is 0.0163. The minimum Gasteiger partial charge on any atom is -0.561 e. The summed E-state index contributed by atoms with van der Waals surface area (Å²) in [6, 6.07) is 5.47. The van der Waals surface area contributed by atoms with E-state index in [2.05, 4.69) is 10.3 Å². The van der Waals surface area contributed by atoms with Gasteiger partial charge in [0.15, 0.2) is 0 Å². The van der Waals surface area contributed by atoms with Crippen molar-refractivity contribution in [3.8, 4) is 5.75 Å². The molecule has 1 aromatic heterocycles. The molecule has 1 unspecified atom stereocenters. The highest BCUT2D eigenvalue weighted by Gasteiger charge is 2.27. The normalized spacial score (nSPS) is 15.2. The van der Waals surface area contributed by atoms with Crippen molar-refractivity contribution in [2.24, 2.45) is 0 Å². The van der Waals surface area contributed by atoms with Gasteiger partial charge in [0.1, 0.15) is 11.3 Å². The Kier molecular flexibility index (Phi) is 6.87. The number of esters is 1. The number of amides is 1. The first-order valence-electron chi connectivity index (χ1n) is 9.27. The van der Waals surface area contributed by atoms with Crippen LogP contribution in [0.3, 0.4) is 0 Å². The zero-order valence-corrected chi connectivity index (χ0v) is 16.2. The maximum absolute atomic E-state index is 12.3. The summed E-state index contributed by atoms with van der Waals surface area (Å²) in [5.41, 5.74) is 1.37. The Balaban J connectivity index is 1.55. The maximum Gasteiger partial charge on any atom is 0.363 e. The highest BCUT2D eigenvalue weighted by molar-refractivity contribution is 7.09. The molecule has 0 saturated carbocycles. The molecule has 1 amide bonds. The lowest BCUT2D eigenvalue weighted by molar-refractivity contribution is -0.121. The Morgan fingerprint density at radius 2 is 2.33 bits per heavy atom.